The molecule has 0 aliphatic carbocycles. The molecule has 1 N–H and O–H groups in total. The third-order valence-corrected chi connectivity index (χ3v) is 5.40. The van der Waals surface area contributed by atoms with Crippen LogP contribution in [0.1, 0.15) is 43.4 Å². The second kappa shape index (κ2) is 7.15. The molecule has 0 atom stereocenters. The molecular weight excluding hydrogens is 366 g/mol. The number of ether oxygens (including phenoxy) is 1. The maximum absolute atomic E-state index is 9.37. The fourth-order valence-electron chi connectivity index (χ4n) is 3.61. The third kappa shape index (κ3) is 3.46. The summed E-state index contributed by atoms with van der Waals surface area (Å²) < 4.78 is 9.62. The van der Waals surface area contributed by atoms with Gasteiger partial charge in [0.25, 0.3) is 0 Å². The summed E-state index contributed by atoms with van der Waals surface area (Å²) in [6, 6.07) is 8.16. The van der Waals surface area contributed by atoms with E-state index in [2.05, 4.69) is 49.9 Å². The molecule has 7 nitrogen and oxygen atoms in total. The molecule has 3 heterocycles. The second-order valence-corrected chi connectivity index (χ2v) is 8.39. The lowest BCUT2D eigenvalue weighted by atomic mass is 9.87. The molecule has 7 heteroatoms. The Morgan fingerprint density at radius 3 is 2.45 bits per heavy atom. The fraction of sp³-hybridized carbons (Fsp3) is 0.409. The van der Waals surface area contributed by atoms with Gasteiger partial charge in [-0.25, -0.2) is 14.5 Å². The molecule has 0 aliphatic rings. The lowest BCUT2D eigenvalue weighted by Gasteiger charge is -2.19. The Labute approximate surface area is 170 Å². The lowest BCUT2D eigenvalue weighted by molar-refractivity contribution is 0.276. The quantitative estimate of drug-likeness (QED) is 0.561. The van der Waals surface area contributed by atoms with Crippen LogP contribution in [-0.4, -0.2) is 35.9 Å². The number of hydrogen-bond acceptors (Lipinski definition) is 5. The largest absolute Gasteiger partial charge is 0.486 e. The van der Waals surface area contributed by atoms with Crippen molar-refractivity contribution in [3.8, 4) is 5.75 Å². The van der Waals surface area contributed by atoms with E-state index in [1.54, 1.807) is 10.8 Å². The van der Waals surface area contributed by atoms with Crippen LogP contribution in [0.25, 0.3) is 16.7 Å². The van der Waals surface area contributed by atoms with Crippen LogP contribution in [0, 0.1) is 13.8 Å². The number of aromatic nitrogens is 5. The number of aryl methyl sites for hydroxylation is 1. The SMILES string of the molecule is Cc1c(C)n(CCO)c2ncn3nc(COc4ccc(C(C)(C)C)cc4)nc3c12. The van der Waals surface area contributed by atoms with Gasteiger partial charge in [-0.15, -0.1) is 5.10 Å². The van der Waals surface area contributed by atoms with Gasteiger partial charge in [0, 0.05) is 12.2 Å². The van der Waals surface area contributed by atoms with Gasteiger partial charge >= 0.3 is 0 Å². The highest BCUT2D eigenvalue weighted by Gasteiger charge is 2.18. The molecule has 0 aliphatic heterocycles. The Bertz CT molecular complexity index is 1170. The molecule has 4 rings (SSSR count). The molecule has 1 aromatic carbocycles. The molecule has 0 fully saturated rings. The van der Waals surface area contributed by atoms with Gasteiger partial charge in [0.15, 0.2) is 11.5 Å². The van der Waals surface area contributed by atoms with Gasteiger partial charge in [-0.05, 0) is 42.5 Å². The standard InChI is InChI=1S/C22H27N5O2/c1-14-15(2)26(10-11-28)20-19(14)21-24-18(25-27(21)13-23-20)12-29-17-8-6-16(7-9-17)22(3,4)5/h6-9,13,28H,10-12H2,1-5H3. The summed E-state index contributed by atoms with van der Waals surface area (Å²) >= 11 is 0. The predicted molar refractivity (Wildman–Crippen MR) is 112 cm³/mol. The number of hydrogen-bond donors (Lipinski definition) is 1. The first kappa shape index (κ1) is 19.4. The van der Waals surface area contributed by atoms with Gasteiger partial charge < -0.3 is 14.4 Å². The summed E-state index contributed by atoms with van der Waals surface area (Å²) in [4.78, 5) is 9.24. The average molecular weight is 393 g/mol. The van der Waals surface area contributed by atoms with Crippen molar-refractivity contribution >= 4 is 16.7 Å². The van der Waals surface area contributed by atoms with Crippen LogP contribution < -0.4 is 4.74 Å². The normalized spacial score (nSPS) is 12.2. The van der Waals surface area contributed by atoms with Gasteiger partial charge in [-0.3, -0.25) is 0 Å². The summed E-state index contributed by atoms with van der Waals surface area (Å²) in [5, 5.41) is 14.9. The van der Waals surface area contributed by atoms with Crippen LogP contribution in [0.2, 0.25) is 0 Å². The molecule has 3 aromatic heterocycles. The van der Waals surface area contributed by atoms with Crippen molar-refractivity contribution in [2.75, 3.05) is 6.61 Å². The predicted octanol–water partition coefficient (Wildman–Crippen LogP) is 3.56. The van der Waals surface area contributed by atoms with Crippen LogP contribution in [0.4, 0.5) is 0 Å². The molecule has 0 spiro atoms. The number of aliphatic hydroxyl groups is 1. The first-order valence-electron chi connectivity index (χ1n) is 9.83. The number of fused-ring (bicyclic) bond motifs is 3. The lowest BCUT2D eigenvalue weighted by Crippen LogP contribution is -2.10. The topological polar surface area (TPSA) is 77.5 Å². The Hall–Kier alpha value is -2.93. The zero-order valence-electron chi connectivity index (χ0n) is 17.6. The Morgan fingerprint density at radius 1 is 1.07 bits per heavy atom. The Balaban J connectivity index is 1.62. The minimum absolute atomic E-state index is 0.0662. The number of nitrogens with zero attached hydrogens (tertiary/aromatic N) is 5. The fourth-order valence-corrected chi connectivity index (χ4v) is 3.61. The minimum atomic E-state index is 0.0662. The first-order valence-corrected chi connectivity index (χ1v) is 9.83. The van der Waals surface area contributed by atoms with E-state index in [0.717, 1.165) is 33.7 Å². The molecule has 0 saturated carbocycles. The van der Waals surface area contributed by atoms with Crippen LogP contribution in [-0.2, 0) is 18.6 Å². The zero-order chi connectivity index (χ0) is 20.8. The highest BCUT2D eigenvalue weighted by Crippen LogP contribution is 2.27. The summed E-state index contributed by atoms with van der Waals surface area (Å²) in [6.45, 7) is 11.5. The van der Waals surface area contributed by atoms with Crippen LogP contribution in [0.3, 0.4) is 0 Å². The Morgan fingerprint density at radius 2 is 1.79 bits per heavy atom. The van der Waals surface area contributed by atoms with Gasteiger partial charge in [0.1, 0.15) is 24.3 Å². The first-order chi connectivity index (χ1) is 13.8. The number of benzene rings is 1. The summed E-state index contributed by atoms with van der Waals surface area (Å²) in [5.74, 6) is 1.40. The van der Waals surface area contributed by atoms with Crippen molar-refractivity contribution in [1.82, 2.24) is 24.1 Å². The van der Waals surface area contributed by atoms with Crippen molar-refractivity contribution in [2.24, 2.45) is 0 Å². The van der Waals surface area contributed by atoms with Crippen LogP contribution >= 0.6 is 0 Å². The maximum atomic E-state index is 9.37. The summed E-state index contributed by atoms with van der Waals surface area (Å²) in [7, 11) is 0. The number of aliphatic hydroxyl groups excluding tert-OH is 1. The van der Waals surface area contributed by atoms with Crippen molar-refractivity contribution in [2.45, 2.75) is 53.2 Å². The smallest absolute Gasteiger partial charge is 0.189 e. The average Bonchev–Trinajstić information content (AvgIpc) is 3.20. The van der Waals surface area contributed by atoms with Gasteiger partial charge in [0.05, 0.1) is 12.0 Å². The van der Waals surface area contributed by atoms with Gasteiger partial charge in [-0.1, -0.05) is 32.9 Å². The van der Waals surface area contributed by atoms with E-state index in [4.69, 9.17) is 9.72 Å². The molecule has 0 radical (unpaired) electrons. The molecular formula is C22H27N5O2. The van der Waals surface area contributed by atoms with E-state index in [1.165, 1.54) is 5.56 Å². The minimum Gasteiger partial charge on any atom is -0.486 e. The van der Waals surface area contributed by atoms with E-state index in [1.807, 2.05) is 23.6 Å². The van der Waals surface area contributed by atoms with Gasteiger partial charge in [0.2, 0.25) is 0 Å². The molecule has 4 aromatic rings. The second-order valence-electron chi connectivity index (χ2n) is 8.39. The maximum Gasteiger partial charge on any atom is 0.189 e. The summed E-state index contributed by atoms with van der Waals surface area (Å²) in [6.07, 6.45) is 1.67. The molecule has 0 unspecified atom stereocenters. The van der Waals surface area contributed by atoms with Crippen molar-refractivity contribution in [3.63, 3.8) is 0 Å². The van der Waals surface area contributed by atoms with E-state index < -0.39 is 0 Å². The highest BCUT2D eigenvalue weighted by molar-refractivity contribution is 5.93. The number of rotatable bonds is 5. The van der Waals surface area contributed by atoms with Crippen molar-refractivity contribution in [3.05, 3.63) is 53.2 Å². The molecule has 0 saturated heterocycles. The van der Waals surface area contributed by atoms with E-state index in [-0.39, 0.29) is 18.6 Å². The van der Waals surface area contributed by atoms with Crippen LogP contribution in [0.15, 0.2) is 30.6 Å². The third-order valence-electron chi connectivity index (χ3n) is 5.40. The highest BCUT2D eigenvalue weighted by atomic mass is 16.5. The van der Waals surface area contributed by atoms with Crippen molar-refractivity contribution in [1.29, 1.82) is 0 Å². The Kier molecular flexibility index (Phi) is 4.78. The van der Waals surface area contributed by atoms with Gasteiger partial charge in [-0.2, -0.15) is 0 Å². The summed E-state index contributed by atoms with van der Waals surface area (Å²) in [5.41, 5.74) is 5.14. The van der Waals surface area contributed by atoms with Crippen molar-refractivity contribution < 1.29 is 9.84 Å². The molecule has 152 valence electrons. The van der Waals surface area contributed by atoms with E-state index in [9.17, 15) is 5.11 Å². The molecule has 29 heavy (non-hydrogen) atoms. The zero-order valence-corrected chi connectivity index (χ0v) is 17.6. The monoisotopic (exact) mass is 393 g/mol. The molecule has 0 bridgehead atoms. The van der Waals surface area contributed by atoms with Crippen LogP contribution in [0.5, 0.6) is 5.75 Å². The molecule has 0 amide bonds. The van der Waals surface area contributed by atoms with E-state index >= 15 is 0 Å². The van der Waals surface area contributed by atoms with E-state index in [0.29, 0.717) is 12.4 Å².